The zero-order valence-electron chi connectivity index (χ0n) is 16.5. The molecule has 0 unspecified atom stereocenters. The lowest BCUT2D eigenvalue weighted by Crippen LogP contribution is -3.02. The van der Waals surface area contributed by atoms with Crippen molar-refractivity contribution in [1.82, 2.24) is 0 Å². The van der Waals surface area contributed by atoms with Crippen molar-refractivity contribution < 1.29 is 55.8 Å². The fourth-order valence-electron chi connectivity index (χ4n) is 0. The van der Waals surface area contributed by atoms with Crippen molar-refractivity contribution in [3.63, 3.8) is 0 Å². The van der Waals surface area contributed by atoms with Gasteiger partial charge in [-0.3, -0.25) is 0 Å². The SMILES string of the molecule is C[NH+](C)C.C[NH+](C)C.C[NH+](C)C.C[NH+](C)C.O=P([O-])([O-])[O-].[Br-]. The molecule has 0 heterocycles. The molecule has 0 aliphatic carbocycles. The number of rotatable bonds is 0. The Morgan fingerprint density at radius 2 is 0.500 bits per heavy atom. The van der Waals surface area contributed by atoms with E-state index in [0.717, 1.165) is 0 Å². The van der Waals surface area contributed by atoms with E-state index in [-0.39, 0.29) is 17.0 Å². The highest BCUT2D eigenvalue weighted by Gasteiger charge is 1.62. The Bertz CT molecular complexity index is 172. The first-order valence-corrected chi connectivity index (χ1v) is 8.19. The summed E-state index contributed by atoms with van der Waals surface area (Å²) in [6.07, 6.45) is 0. The molecule has 4 N–H and O–H groups in total. The first-order valence-electron chi connectivity index (χ1n) is 6.73. The summed E-state index contributed by atoms with van der Waals surface area (Å²) in [5.41, 5.74) is 0. The number of quaternary nitrogens is 4. The summed E-state index contributed by atoms with van der Waals surface area (Å²) in [6, 6.07) is 0. The van der Waals surface area contributed by atoms with Crippen LogP contribution in [0.3, 0.4) is 0 Å². The third-order valence-electron chi connectivity index (χ3n) is 0. The van der Waals surface area contributed by atoms with Crippen LogP contribution in [0.1, 0.15) is 0 Å². The van der Waals surface area contributed by atoms with Crippen molar-refractivity contribution in [2.24, 2.45) is 0 Å². The number of halogens is 1. The fourth-order valence-corrected chi connectivity index (χ4v) is 0. The lowest BCUT2D eigenvalue weighted by molar-refractivity contribution is -0.836. The Labute approximate surface area is 148 Å². The molecule has 10 heteroatoms. The van der Waals surface area contributed by atoms with E-state index in [1.54, 1.807) is 0 Å². The van der Waals surface area contributed by atoms with Crippen LogP contribution < -0.4 is 51.3 Å². The largest absolute Gasteiger partial charge is 1.00 e. The molecule has 0 aliphatic rings. The normalized spacial score (nSPS) is 9.23. The number of nitrogens with one attached hydrogen (secondary N) is 4. The van der Waals surface area contributed by atoms with Crippen LogP contribution in [0.15, 0.2) is 0 Å². The maximum atomic E-state index is 8.55. The second kappa shape index (κ2) is 26.3. The van der Waals surface area contributed by atoms with Gasteiger partial charge in [-0.25, -0.2) is 0 Å². The van der Waals surface area contributed by atoms with Crippen molar-refractivity contribution in [3.8, 4) is 0 Å². The van der Waals surface area contributed by atoms with Crippen molar-refractivity contribution >= 4 is 7.82 Å². The van der Waals surface area contributed by atoms with Gasteiger partial charge in [0.05, 0.1) is 84.6 Å². The average Bonchev–Trinajstić information content (AvgIpc) is 1.91. The van der Waals surface area contributed by atoms with Gasteiger partial charge in [0.15, 0.2) is 0 Å². The first kappa shape index (κ1) is 38.2. The van der Waals surface area contributed by atoms with Crippen LogP contribution in [-0.2, 0) is 4.57 Å². The molecule has 8 nitrogen and oxygen atoms in total. The Balaban J connectivity index is -0.0000000361. The van der Waals surface area contributed by atoms with E-state index >= 15 is 0 Å². The molecule has 0 fully saturated rings. The highest BCUT2D eigenvalue weighted by atomic mass is 79.9. The standard InChI is InChI=1S/4C3H9N.BrH.H3O4P/c4*1-4(2)3;;1-5(2,3)4/h4*1-3H3;1H;(H3,1,2,3,4). The lowest BCUT2D eigenvalue weighted by Gasteiger charge is -2.36. The minimum Gasteiger partial charge on any atom is -1.00 e. The number of phosphoric acid groups is 1. The summed E-state index contributed by atoms with van der Waals surface area (Å²) in [5.74, 6) is 0. The van der Waals surface area contributed by atoms with E-state index in [2.05, 4.69) is 84.6 Å². The zero-order chi connectivity index (χ0) is 18.8. The maximum absolute atomic E-state index is 8.55. The van der Waals surface area contributed by atoms with E-state index in [1.807, 2.05) is 0 Å². The minimum absolute atomic E-state index is 0. The average molecular weight is 415 g/mol. The molecule has 22 heavy (non-hydrogen) atoms. The molecule has 0 atom stereocenters. The predicted molar refractivity (Wildman–Crippen MR) is 82.5 cm³/mol. The van der Waals surface area contributed by atoms with Crippen LogP contribution in [-0.4, -0.2) is 84.6 Å². The van der Waals surface area contributed by atoms with Crippen LogP contribution in [0, 0.1) is 0 Å². The van der Waals surface area contributed by atoms with Gasteiger partial charge in [0.25, 0.3) is 0 Å². The van der Waals surface area contributed by atoms with Crippen LogP contribution in [0.2, 0.25) is 0 Å². The minimum atomic E-state index is -5.39. The van der Waals surface area contributed by atoms with E-state index in [4.69, 9.17) is 19.2 Å². The predicted octanol–water partition coefficient (Wildman–Crippen LogP) is -10.8. The number of hydrogen-bond donors (Lipinski definition) is 4. The van der Waals surface area contributed by atoms with Gasteiger partial charge in [0.2, 0.25) is 0 Å². The van der Waals surface area contributed by atoms with Crippen LogP contribution in [0.4, 0.5) is 0 Å². The molecule has 144 valence electrons. The molecule has 0 bridgehead atoms. The van der Waals surface area contributed by atoms with E-state index < -0.39 is 7.82 Å². The molecule has 0 aliphatic heterocycles. The molecule has 0 radical (unpaired) electrons. The van der Waals surface area contributed by atoms with Crippen molar-refractivity contribution in [1.29, 1.82) is 0 Å². The molecule has 0 rings (SSSR count). The van der Waals surface area contributed by atoms with Gasteiger partial charge >= 0.3 is 0 Å². The monoisotopic (exact) mass is 414 g/mol. The topological polar surface area (TPSA) is 104 Å². The molecule has 0 aromatic heterocycles. The lowest BCUT2D eigenvalue weighted by atomic mass is 11.0. The van der Waals surface area contributed by atoms with Gasteiger partial charge in [0.1, 0.15) is 0 Å². The maximum Gasteiger partial charge on any atom is 0.0661 e. The Kier molecular flexibility index (Phi) is 45.7. The first-order chi connectivity index (χ1) is 8.93. The van der Waals surface area contributed by atoms with E-state index in [9.17, 15) is 0 Å². The van der Waals surface area contributed by atoms with Crippen molar-refractivity contribution in [2.45, 2.75) is 0 Å². The molecule has 0 spiro atoms. The molecule has 0 aromatic rings. The Morgan fingerprint density at radius 1 is 0.500 bits per heavy atom. The van der Waals surface area contributed by atoms with Gasteiger partial charge in [-0.2, -0.15) is 7.82 Å². The molecule has 0 amide bonds. The zero-order valence-corrected chi connectivity index (χ0v) is 18.9. The van der Waals surface area contributed by atoms with E-state index in [0.29, 0.717) is 0 Å². The molecule has 0 saturated heterocycles. The second-order valence-corrected chi connectivity index (χ2v) is 7.34. The van der Waals surface area contributed by atoms with Crippen molar-refractivity contribution in [2.75, 3.05) is 84.6 Å². The van der Waals surface area contributed by atoms with Gasteiger partial charge in [-0.15, -0.1) is 0 Å². The number of hydrogen-bond acceptors (Lipinski definition) is 4. The van der Waals surface area contributed by atoms with Gasteiger partial charge in [0, 0.05) is 0 Å². The fraction of sp³-hybridized carbons (Fsp3) is 1.00. The second-order valence-electron chi connectivity index (χ2n) is 6.45. The summed E-state index contributed by atoms with van der Waals surface area (Å²) >= 11 is 0. The molecular weight excluding hydrogens is 375 g/mol. The smallest absolute Gasteiger partial charge is 0.0661 e. The van der Waals surface area contributed by atoms with Gasteiger partial charge in [-0.1, -0.05) is 0 Å². The summed E-state index contributed by atoms with van der Waals surface area (Å²) in [5, 5.41) is 0. The molecule has 0 aromatic carbocycles. The van der Waals surface area contributed by atoms with Gasteiger partial charge < -0.3 is 55.8 Å². The molecule has 0 saturated carbocycles. The summed E-state index contributed by atoms with van der Waals surface area (Å²) < 4.78 is 8.55. The van der Waals surface area contributed by atoms with Crippen molar-refractivity contribution in [3.05, 3.63) is 0 Å². The third-order valence-corrected chi connectivity index (χ3v) is 0. The van der Waals surface area contributed by atoms with Crippen LogP contribution in [0.5, 0.6) is 0 Å². The summed E-state index contributed by atoms with van der Waals surface area (Å²) in [7, 11) is 19.6. The molecular formula is C12H40BrN4O4P. The summed E-state index contributed by atoms with van der Waals surface area (Å²) in [6.45, 7) is 0. The summed E-state index contributed by atoms with van der Waals surface area (Å²) in [4.78, 5) is 31.3. The Hall–Kier alpha value is 0.430. The highest BCUT2D eigenvalue weighted by molar-refractivity contribution is 7.40. The highest BCUT2D eigenvalue weighted by Crippen LogP contribution is 2.03. The van der Waals surface area contributed by atoms with Gasteiger partial charge in [-0.05, 0) is 0 Å². The quantitative estimate of drug-likeness (QED) is 0.295. The third kappa shape index (κ3) is 41700. The Morgan fingerprint density at radius 3 is 0.500 bits per heavy atom. The van der Waals surface area contributed by atoms with Crippen LogP contribution in [0.25, 0.3) is 0 Å². The van der Waals surface area contributed by atoms with Crippen LogP contribution >= 0.6 is 7.82 Å². The van der Waals surface area contributed by atoms with E-state index in [1.165, 1.54) is 19.6 Å².